The largest absolute Gasteiger partial charge is 0.491 e. The summed E-state index contributed by atoms with van der Waals surface area (Å²) in [5, 5.41) is 2.49. The van der Waals surface area contributed by atoms with Crippen molar-refractivity contribution in [3.63, 3.8) is 0 Å². The highest BCUT2D eigenvalue weighted by atomic mass is 16.6. The monoisotopic (exact) mass is 241 g/mol. The number of aromatic amines is 1. The zero-order valence-corrected chi connectivity index (χ0v) is 9.85. The Balaban J connectivity index is 0.00000110. The number of benzene rings is 2. The number of aromatic nitrogens is 1. The lowest BCUT2D eigenvalue weighted by molar-refractivity contribution is 0.263. The van der Waals surface area contributed by atoms with Crippen molar-refractivity contribution in [1.29, 1.82) is 0 Å². The van der Waals surface area contributed by atoms with Gasteiger partial charge in [0.1, 0.15) is 18.5 Å². The van der Waals surface area contributed by atoms with Gasteiger partial charge >= 0.3 is 0 Å². The average Bonchev–Trinajstić information content (AvgIpc) is 3.16. The Hall–Kier alpha value is -2.00. The van der Waals surface area contributed by atoms with Crippen molar-refractivity contribution in [2.75, 3.05) is 13.2 Å². The van der Waals surface area contributed by atoms with Gasteiger partial charge in [0.2, 0.25) is 0 Å². The minimum atomic E-state index is 0. The number of nitrogens with one attached hydrogen (secondary N) is 1. The fourth-order valence-electron chi connectivity index (χ4n) is 2.28. The van der Waals surface area contributed by atoms with Crippen molar-refractivity contribution < 1.29 is 10.9 Å². The zero-order chi connectivity index (χ0) is 11.9. The van der Waals surface area contributed by atoms with Crippen molar-refractivity contribution in [3.05, 3.63) is 42.5 Å². The Bertz CT molecular complexity index is 718. The first kappa shape index (κ1) is 9.97. The van der Waals surface area contributed by atoms with Crippen molar-refractivity contribution in [2.24, 2.45) is 0 Å². The van der Waals surface area contributed by atoms with Crippen molar-refractivity contribution >= 4 is 21.8 Å². The van der Waals surface area contributed by atoms with E-state index in [1.54, 1.807) is 0 Å². The third-order valence-electron chi connectivity index (χ3n) is 3.32. The SMILES string of the molecule is [HH].c1ccc2c(c1)[nH]c1cc(OCC3CO3)ccc12. The van der Waals surface area contributed by atoms with Crippen LogP contribution in [0.2, 0.25) is 0 Å². The van der Waals surface area contributed by atoms with E-state index >= 15 is 0 Å². The fourth-order valence-corrected chi connectivity index (χ4v) is 2.28. The molecule has 1 saturated heterocycles. The van der Waals surface area contributed by atoms with Crippen LogP contribution in [0.4, 0.5) is 0 Å². The van der Waals surface area contributed by atoms with Crippen LogP contribution in [0.3, 0.4) is 0 Å². The molecule has 0 saturated carbocycles. The third kappa shape index (κ3) is 1.64. The maximum Gasteiger partial charge on any atom is 0.121 e. The van der Waals surface area contributed by atoms with Crippen LogP contribution >= 0.6 is 0 Å². The van der Waals surface area contributed by atoms with Crippen LogP contribution in [0.15, 0.2) is 42.5 Å². The van der Waals surface area contributed by atoms with E-state index in [0.29, 0.717) is 12.7 Å². The van der Waals surface area contributed by atoms with Gasteiger partial charge in [0, 0.05) is 23.8 Å². The lowest BCUT2D eigenvalue weighted by Gasteiger charge is -2.03. The summed E-state index contributed by atoms with van der Waals surface area (Å²) in [6, 6.07) is 14.5. The predicted octanol–water partition coefficient (Wildman–Crippen LogP) is 3.34. The minimum Gasteiger partial charge on any atom is -0.491 e. The topological polar surface area (TPSA) is 37.5 Å². The molecule has 18 heavy (non-hydrogen) atoms. The summed E-state index contributed by atoms with van der Waals surface area (Å²) >= 11 is 0. The highest BCUT2D eigenvalue weighted by Crippen LogP contribution is 2.28. The van der Waals surface area contributed by atoms with Crippen molar-refractivity contribution in [1.82, 2.24) is 4.98 Å². The normalized spacial score (nSPS) is 18.3. The number of fused-ring (bicyclic) bond motifs is 3. The van der Waals surface area contributed by atoms with Gasteiger partial charge in [-0.1, -0.05) is 18.2 Å². The highest BCUT2D eigenvalue weighted by Gasteiger charge is 2.23. The van der Waals surface area contributed by atoms with E-state index in [4.69, 9.17) is 9.47 Å². The maximum atomic E-state index is 5.69. The van der Waals surface area contributed by atoms with Crippen LogP contribution in [0, 0.1) is 0 Å². The molecule has 0 amide bonds. The third-order valence-corrected chi connectivity index (χ3v) is 3.32. The molecule has 3 nitrogen and oxygen atoms in total. The quantitative estimate of drug-likeness (QED) is 0.714. The Labute approximate surface area is 106 Å². The summed E-state index contributed by atoms with van der Waals surface area (Å²) in [6.45, 7) is 1.47. The predicted molar refractivity (Wildman–Crippen MR) is 73.2 cm³/mol. The Morgan fingerprint density at radius 3 is 2.89 bits per heavy atom. The second-order valence-electron chi connectivity index (χ2n) is 4.64. The zero-order valence-electron chi connectivity index (χ0n) is 9.85. The molecule has 3 aromatic rings. The number of epoxide rings is 1. The maximum absolute atomic E-state index is 5.69. The second kappa shape index (κ2) is 3.75. The molecule has 0 bridgehead atoms. The van der Waals surface area contributed by atoms with Crippen LogP contribution in [0.5, 0.6) is 5.75 Å². The van der Waals surface area contributed by atoms with Crippen LogP contribution in [-0.2, 0) is 4.74 Å². The first-order valence-corrected chi connectivity index (χ1v) is 6.15. The molecule has 0 aliphatic carbocycles. The molecule has 1 aliphatic rings. The molecule has 0 spiro atoms. The Morgan fingerprint density at radius 2 is 2.00 bits per heavy atom. The first-order chi connectivity index (χ1) is 8.90. The molecule has 3 heteroatoms. The number of hydrogen-bond acceptors (Lipinski definition) is 2. The van der Waals surface area contributed by atoms with Crippen molar-refractivity contribution in [3.8, 4) is 5.75 Å². The highest BCUT2D eigenvalue weighted by molar-refractivity contribution is 6.07. The summed E-state index contributed by atoms with van der Waals surface area (Å²) in [4.78, 5) is 3.41. The van der Waals surface area contributed by atoms with Gasteiger partial charge in [-0.2, -0.15) is 0 Å². The van der Waals surface area contributed by atoms with E-state index < -0.39 is 0 Å². The van der Waals surface area contributed by atoms with Crippen LogP contribution < -0.4 is 4.74 Å². The van der Waals surface area contributed by atoms with Gasteiger partial charge in [-0.15, -0.1) is 0 Å². The van der Waals surface area contributed by atoms with E-state index in [0.717, 1.165) is 23.4 Å². The Morgan fingerprint density at radius 1 is 1.17 bits per heavy atom. The molecule has 4 rings (SSSR count). The number of para-hydroxylation sites is 1. The van der Waals surface area contributed by atoms with E-state index in [1.165, 1.54) is 10.8 Å². The molecule has 2 heterocycles. The smallest absolute Gasteiger partial charge is 0.121 e. The first-order valence-electron chi connectivity index (χ1n) is 6.15. The van der Waals surface area contributed by atoms with Gasteiger partial charge in [0.15, 0.2) is 0 Å². The summed E-state index contributed by atoms with van der Waals surface area (Å²) in [5.74, 6) is 0.893. The molecule has 0 radical (unpaired) electrons. The van der Waals surface area contributed by atoms with Gasteiger partial charge in [0.25, 0.3) is 0 Å². The van der Waals surface area contributed by atoms with E-state index in [9.17, 15) is 0 Å². The van der Waals surface area contributed by atoms with E-state index in [2.05, 4.69) is 35.3 Å². The molecule has 1 aromatic heterocycles. The van der Waals surface area contributed by atoms with E-state index in [-0.39, 0.29) is 1.43 Å². The number of hydrogen-bond donors (Lipinski definition) is 1. The van der Waals surface area contributed by atoms with Gasteiger partial charge in [0.05, 0.1) is 12.1 Å². The standard InChI is InChI=1S/C15H13NO2.H2/c1-2-4-14-12(3-1)13-6-5-10(7-15(13)16-14)17-8-11-9-18-11;/h1-7,11,16H,8-9H2;1H. The number of rotatable bonds is 3. The second-order valence-corrected chi connectivity index (χ2v) is 4.64. The molecule has 1 atom stereocenters. The summed E-state index contributed by atoms with van der Waals surface area (Å²) < 4.78 is 10.8. The van der Waals surface area contributed by atoms with E-state index in [1.807, 2.05) is 12.1 Å². The molecular weight excluding hydrogens is 226 g/mol. The van der Waals surface area contributed by atoms with Crippen LogP contribution in [0.1, 0.15) is 1.43 Å². The van der Waals surface area contributed by atoms with Gasteiger partial charge in [-0.05, 0) is 18.2 Å². The summed E-state index contributed by atoms with van der Waals surface area (Å²) in [5.41, 5.74) is 2.28. The van der Waals surface area contributed by atoms with Gasteiger partial charge in [-0.25, -0.2) is 0 Å². The lowest BCUT2D eigenvalue weighted by atomic mass is 10.1. The van der Waals surface area contributed by atoms with Crippen molar-refractivity contribution in [2.45, 2.75) is 6.10 Å². The molecule has 1 aliphatic heterocycles. The Kier molecular flexibility index (Phi) is 2.08. The van der Waals surface area contributed by atoms with Crippen LogP contribution in [0.25, 0.3) is 21.8 Å². The number of ether oxygens (including phenoxy) is 2. The lowest BCUT2D eigenvalue weighted by Crippen LogP contribution is -2.03. The molecule has 1 unspecified atom stereocenters. The summed E-state index contributed by atoms with van der Waals surface area (Å²) in [7, 11) is 0. The molecular formula is C15H15NO2. The average molecular weight is 241 g/mol. The fraction of sp³-hybridized carbons (Fsp3) is 0.200. The minimum absolute atomic E-state index is 0. The van der Waals surface area contributed by atoms with Crippen LogP contribution in [-0.4, -0.2) is 24.3 Å². The summed E-state index contributed by atoms with van der Waals surface area (Å²) in [6.07, 6.45) is 0.295. The molecule has 2 aromatic carbocycles. The molecule has 92 valence electrons. The van der Waals surface area contributed by atoms with Gasteiger partial charge in [-0.3, -0.25) is 0 Å². The molecule has 1 N–H and O–H groups in total. The molecule has 1 fully saturated rings. The van der Waals surface area contributed by atoms with Gasteiger partial charge < -0.3 is 14.5 Å². The number of H-pyrrole nitrogens is 1.